The summed E-state index contributed by atoms with van der Waals surface area (Å²) in [5.74, 6) is -2.21. The van der Waals surface area contributed by atoms with Crippen LogP contribution in [0.4, 0.5) is 5.69 Å². The summed E-state index contributed by atoms with van der Waals surface area (Å²) in [4.78, 5) is 22.7. The highest BCUT2D eigenvalue weighted by Gasteiger charge is 2.41. The zero-order valence-electron chi connectivity index (χ0n) is 13.4. The maximum atomic E-state index is 12.5. The molecule has 1 aliphatic carbocycles. The maximum absolute atomic E-state index is 12.5. The van der Waals surface area contributed by atoms with E-state index < -0.39 is 38.9 Å². The number of Topliss-reactive ketones (excluding diaryl/α,β-unsaturated/α-hetero) is 1. The topological polar surface area (TPSA) is 224 Å². The average Bonchev–Trinajstić information content (AvgIpc) is 3.41. The van der Waals surface area contributed by atoms with Crippen LogP contribution in [-0.2, 0) is 0 Å². The van der Waals surface area contributed by atoms with Gasteiger partial charge in [-0.15, -0.1) is 0 Å². The van der Waals surface area contributed by atoms with Crippen LogP contribution in [0.1, 0.15) is 10.5 Å². The van der Waals surface area contributed by atoms with Crippen LogP contribution in [-0.4, -0.2) is 35.8 Å². The molecule has 0 bridgehead atoms. The first kappa shape index (κ1) is 15.1. The second kappa shape index (κ2) is 4.47. The Morgan fingerprint density at radius 2 is 1.86 bits per heavy atom. The zero-order valence-corrected chi connectivity index (χ0v) is 13.4. The molecule has 5 aromatic rings. The molecule has 0 spiro atoms. The highest BCUT2D eigenvalue weighted by atomic mass is 16.8. The number of nitrogens with zero attached hydrogens (tertiary/aromatic N) is 9. The van der Waals surface area contributed by atoms with Gasteiger partial charge in [-0.25, -0.2) is 0 Å². The molecule has 4 aromatic heterocycles. The highest BCUT2D eigenvalue weighted by Crippen LogP contribution is 2.28. The summed E-state index contributed by atoms with van der Waals surface area (Å²) in [5, 5.41) is 62.1. The number of aromatic nitrogens is 8. The first-order chi connectivity index (χ1) is 13.9. The number of nitro benzene ring substituents is 1. The number of rotatable bonds is 1. The molecule has 142 valence electrons. The number of carbonyl (C=O) groups is 1. The van der Waals surface area contributed by atoms with Gasteiger partial charge in [-0.1, -0.05) is 5.10 Å². The van der Waals surface area contributed by atoms with Crippen molar-refractivity contribution in [1.29, 1.82) is 0 Å². The monoisotopic (exact) mass is 399 g/mol. The van der Waals surface area contributed by atoms with E-state index in [4.69, 9.17) is 0 Å². The predicted octanol–water partition coefficient (Wildman–Crippen LogP) is -4.18. The third-order valence-electron chi connectivity index (χ3n) is 4.48. The van der Waals surface area contributed by atoms with Crippen molar-refractivity contribution in [2.75, 3.05) is 0 Å². The number of carbonyl (C=O) groups excluding carboxylic acids is 1. The van der Waals surface area contributed by atoms with E-state index in [0.29, 0.717) is 0 Å². The fourth-order valence-electron chi connectivity index (χ4n) is 3.28. The van der Waals surface area contributed by atoms with Gasteiger partial charge in [0.05, 0.1) is 26.4 Å². The van der Waals surface area contributed by atoms with Crippen LogP contribution in [0, 0.1) is 20.5 Å². The summed E-state index contributed by atoms with van der Waals surface area (Å²) < 4.78 is 10.6. The summed E-state index contributed by atoms with van der Waals surface area (Å²) in [6.45, 7) is 0. The van der Waals surface area contributed by atoms with Gasteiger partial charge >= 0.3 is 16.7 Å². The molecule has 0 fully saturated rings. The van der Waals surface area contributed by atoms with E-state index in [9.17, 15) is 30.4 Å². The van der Waals surface area contributed by atoms with E-state index in [-0.39, 0.29) is 37.6 Å². The van der Waals surface area contributed by atoms with Crippen molar-refractivity contribution < 1.29 is 38.5 Å². The molecule has 29 heavy (non-hydrogen) atoms. The normalized spacial score (nSPS) is 13.5. The molecule has 1 aliphatic rings. The quantitative estimate of drug-likeness (QED) is 0.113. The van der Waals surface area contributed by atoms with Crippen molar-refractivity contribution in [1.82, 2.24) is 25.1 Å². The minimum Gasteiger partial charge on any atom is -0.868 e. The Bertz CT molecular complexity index is 1640. The SMILES string of the molecule is O=C1C([O-])=c2c(n[n+]3c4cc([N+](=O)[O-])c5no[n+]([O-])c5c4nn23)-c2c1no[n+]2[O-]. The van der Waals surface area contributed by atoms with Crippen molar-refractivity contribution in [3.8, 4) is 11.4 Å². The summed E-state index contributed by atoms with van der Waals surface area (Å²) in [7, 11) is 0. The Kier molecular flexibility index (Phi) is 2.33. The number of benzene rings is 1. The van der Waals surface area contributed by atoms with Crippen LogP contribution in [0.3, 0.4) is 0 Å². The van der Waals surface area contributed by atoms with Gasteiger partial charge in [0.1, 0.15) is 0 Å². The molecule has 6 rings (SSSR count). The molecule has 17 heteroatoms. The molecule has 0 saturated carbocycles. The van der Waals surface area contributed by atoms with Crippen molar-refractivity contribution >= 4 is 39.3 Å². The van der Waals surface area contributed by atoms with Gasteiger partial charge in [-0.3, -0.25) is 24.2 Å². The average molecular weight is 399 g/mol. The summed E-state index contributed by atoms with van der Waals surface area (Å²) in [5.41, 5.74) is -2.73. The van der Waals surface area contributed by atoms with Gasteiger partial charge in [0.25, 0.3) is 16.9 Å². The molecule has 0 unspecified atom stereocenters. The lowest BCUT2D eigenvalue weighted by Gasteiger charge is -2.08. The summed E-state index contributed by atoms with van der Waals surface area (Å²) in [6.07, 6.45) is 0. The van der Waals surface area contributed by atoms with E-state index in [1.165, 1.54) is 0 Å². The fraction of sp³-hybridized carbons (Fsp3) is 0. The van der Waals surface area contributed by atoms with Crippen molar-refractivity contribution in [3.63, 3.8) is 0 Å². The van der Waals surface area contributed by atoms with Gasteiger partial charge < -0.3 is 15.5 Å². The minimum atomic E-state index is -1.12. The van der Waals surface area contributed by atoms with Gasteiger partial charge in [-0.2, -0.15) is 0 Å². The van der Waals surface area contributed by atoms with Crippen LogP contribution < -0.4 is 24.9 Å². The molecular formula is C12HN9O8. The third-order valence-corrected chi connectivity index (χ3v) is 4.48. The molecule has 0 saturated heterocycles. The zero-order chi connectivity index (χ0) is 20.2. The Morgan fingerprint density at radius 1 is 1.10 bits per heavy atom. The number of hydrogen-bond acceptors (Lipinski definition) is 12. The number of ketones is 1. The number of nitro groups is 1. The van der Waals surface area contributed by atoms with Crippen LogP contribution in [0.15, 0.2) is 15.3 Å². The van der Waals surface area contributed by atoms with E-state index in [1.54, 1.807) is 0 Å². The molecule has 4 heterocycles. The second-order valence-electron chi connectivity index (χ2n) is 5.91. The van der Waals surface area contributed by atoms with Crippen LogP contribution in [0.5, 0.6) is 0 Å². The minimum absolute atomic E-state index is 0.0814. The van der Waals surface area contributed by atoms with Gasteiger partial charge in [0.2, 0.25) is 11.3 Å². The van der Waals surface area contributed by atoms with Crippen LogP contribution in [0.2, 0.25) is 0 Å². The number of fused-ring (bicyclic) bond motifs is 9. The van der Waals surface area contributed by atoms with E-state index >= 15 is 0 Å². The van der Waals surface area contributed by atoms with Crippen molar-refractivity contribution in [3.05, 3.63) is 37.6 Å². The van der Waals surface area contributed by atoms with Crippen LogP contribution in [0.25, 0.3) is 39.2 Å². The molecule has 0 N–H and O–H groups in total. The Hall–Kier alpha value is -4.96. The van der Waals surface area contributed by atoms with Crippen molar-refractivity contribution in [2.45, 2.75) is 0 Å². The van der Waals surface area contributed by atoms with E-state index in [2.05, 4.69) is 29.8 Å². The molecule has 0 radical (unpaired) electrons. The maximum Gasteiger partial charge on any atom is 0.331 e. The Labute approximate surface area is 153 Å². The largest absolute Gasteiger partial charge is 0.868 e. The van der Waals surface area contributed by atoms with Gasteiger partial charge in [-0.05, 0) is 20.2 Å². The molecule has 1 aromatic carbocycles. The molecule has 0 aliphatic heterocycles. The molecule has 0 amide bonds. The van der Waals surface area contributed by atoms with Crippen molar-refractivity contribution in [2.24, 2.45) is 0 Å². The number of non-ortho nitro benzene ring substituents is 1. The first-order valence-electron chi connectivity index (χ1n) is 7.56. The van der Waals surface area contributed by atoms with Crippen LogP contribution >= 0.6 is 0 Å². The standard InChI is InChI=1S/C12HN9O8/c22-11-7-9(21(27)29-16-7)6-10(12(11)23)18-13-4-2(17(18)14-6)1-3(19(24)25)5-8(4)20(26)28-15-5/h1H. The van der Waals surface area contributed by atoms with Gasteiger partial charge in [0.15, 0.2) is 11.0 Å². The lowest BCUT2D eigenvalue weighted by molar-refractivity contribution is -0.794. The molecular weight excluding hydrogens is 398 g/mol. The lowest BCUT2D eigenvalue weighted by Crippen LogP contribution is -2.39. The smallest absolute Gasteiger partial charge is 0.331 e. The molecule has 17 nitrogen and oxygen atoms in total. The van der Waals surface area contributed by atoms with E-state index in [0.717, 1.165) is 15.3 Å². The highest BCUT2D eigenvalue weighted by molar-refractivity contribution is 6.23. The Morgan fingerprint density at radius 3 is 2.62 bits per heavy atom. The Balaban J connectivity index is 1.87. The summed E-state index contributed by atoms with van der Waals surface area (Å²) >= 11 is 0. The fourth-order valence-corrected chi connectivity index (χ4v) is 3.28. The predicted molar refractivity (Wildman–Crippen MR) is 76.7 cm³/mol. The first-order valence-corrected chi connectivity index (χ1v) is 7.56. The number of hydrogen-bond donors (Lipinski definition) is 0. The molecule has 0 atom stereocenters. The summed E-state index contributed by atoms with van der Waals surface area (Å²) in [6, 6.07) is 1.01. The van der Waals surface area contributed by atoms with E-state index in [1.807, 2.05) is 0 Å². The van der Waals surface area contributed by atoms with Gasteiger partial charge in [0, 0.05) is 4.63 Å². The second-order valence-corrected chi connectivity index (χ2v) is 5.91. The lowest BCUT2D eigenvalue weighted by atomic mass is 10.1. The third kappa shape index (κ3) is 1.55.